The minimum Gasteiger partial charge on any atom is -0.490 e. The van der Waals surface area contributed by atoms with Crippen LogP contribution >= 0.6 is 24.0 Å². The van der Waals surface area contributed by atoms with Crippen molar-refractivity contribution >= 4 is 35.8 Å². The summed E-state index contributed by atoms with van der Waals surface area (Å²) in [5.41, 5.74) is 2.73. The van der Waals surface area contributed by atoms with Crippen molar-refractivity contribution in [1.82, 2.24) is 16.0 Å². The first-order valence-electron chi connectivity index (χ1n) is 11.3. The molecular weight excluding hydrogens is 531 g/mol. The predicted octanol–water partition coefficient (Wildman–Crippen LogP) is 4.67. The maximum absolute atomic E-state index is 12.2. The summed E-state index contributed by atoms with van der Waals surface area (Å²) in [6.07, 6.45) is 0.910. The van der Waals surface area contributed by atoms with Crippen molar-refractivity contribution in [3.63, 3.8) is 0 Å². The van der Waals surface area contributed by atoms with E-state index in [0.29, 0.717) is 37.8 Å². The maximum atomic E-state index is 12.2. The highest BCUT2D eigenvalue weighted by molar-refractivity contribution is 14.0. The van der Waals surface area contributed by atoms with Crippen LogP contribution in [0.2, 0.25) is 0 Å². The fraction of sp³-hybridized carbons (Fsp3) is 0.440. The second-order valence-corrected chi connectivity index (χ2v) is 7.32. The number of rotatable bonds is 11. The zero-order valence-corrected chi connectivity index (χ0v) is 22.6. The molecule has 0 aromatic heterocycles. The summed E-state index contributed by atoms with van der Waals surface area (Å²) in [4.78, 5) is 16.5. The van der Waals surface area contributed by atoms with Gasteiger partial charge in [-0.15, -0.1) is 24.0 Å². The highest BCUT2D eigenvalue weighted by Gasteiger charge is 2.13. The number of carbonyl (C=O) groups is 1. The van der Waals surface area contributed by atoms with E-state index < -0.39 is 0 Å². The van der Waals surface area contributed by atoms with Crippen LogP contribution in [-0.4, -0.2) is 38.7 Å². The molecule has 0 spiro atoms. The van der Waals surface area contributed by atoms with E-state index in [1.54, 1.807) is 7.05 Å². The lowest BCUT2D eigenvalue weighted by molar-refractivity contribution is 0.0953. The lowest BCUT2D eigenvalue weighted by Gasteiger charge is -2.20. The zero-order chi connectivity index (χ0) is 23.3. The summed E-state index contributed by atoms with van der Waals surface area (Å²) in [6.45, 7) is 10.4. The molecule has 33 heavy (non-hydrogen) atoms. The molecule has 8 heteroatoms. The monoisotopic (exact) mass is 568 g/mol. The molecule has 1 unspecified atom stereocenters. The van der Waals surface area contributed by atoms with Gasteiger partial charge in [0.15, 0.2) is 17.5 Å². The van der Waals surface area contributed by atoms with Gasteiger partial charge in [0.05, 0.1) is 19.3 Å². The molecule has 0 saturated carbocycles. The van der Waals surface area contributed by atoms with Gasteiger partial charge in [0, 0.05) is 25.7 Å². The summed E-state index contributed by atoms with van der Waals surface area (Å²) in [5.74, 6) is 2.10. The van der Waals surface area contributed by atoms with E-state index in [1.165, 1.54) is 0 Å². The van der Waals surface area contributed by atoms with E-state index in [0.717, 1.165) is 29.0 Å². The van der Waals surface area contributed by atoms with Gasteiger partial charge in [-0.3, -0.25) is 9.79 Å². The minimum atomic E-state index is -0.0505. The molecule has 3 N–H and O–H groups in total. The Hall–Kier alpha value is -2.49. The number of hydrogen-bond donors (Lipinski definition) is 3. The number of ether oxygens (including phenoxy) is 2. The quantitative estimate of drug-likeness (QED) is 0.209. The molecule has 0 aliphatic rings. The van der Waals surface area contributed by atoms with Gasteiger partial charge in [-0.25, -0.2) is 0 Å². The van der Waals surface area contributed by atoms with Crippen LogP contribution in [0.3, 0.4) is 0 Å². The highest BCUT2D eigenvalue weighted by atomic mass is 127. The fourth-order valence-corrected chi connectivity index (χ4v) is 3.17. The third-order valence-corrected chi connectivity index (χ3v) is 4.83. The summed E-state index contributed by atoms with van der Waals surface area (Å²) >= 11 is 0. The number of benzene rings is 2. The normalized spacial score (nSPS) is 11.7. The van der Waals surface area contributed by atoms with Gasteiger partial charge in [-0.2, -0.15) is 0 Å². The molecule has 0 heterocycles. The van der Waals surface area contributed by atoms with Gasteiger partial charge in [-0.1, -0.05) is 25.1 Å². The third-order valence-electron chi connectivity index (χ3n) is 4.83. The third kappa shape index (κ3) is 9.11. The van der Waals surface area contributed by atoms with Crippen LogP contribution < -0.4 is 25.4 Å². The van der Waals surface area contributed by atoms with E-state index >= 15 is 0 Å². The van der Waals surface area contributed by atoms with Crippen molar-refractivity contribution in [1.29, 1.82) is 0 Å². The number of guanidine groups is 1. The fourth-order valence-electron chi connectivity index (χ4n) is 3.17. The van der Waals surface area contributed by atoms with Crippen molar-refractivity contribution in [3.05, 3.63) is 59.2 Å². The number of carbonyl (C=O) groups excluding carboxylic acids is 1. The number of nitrogens with one attached hydrogen (secondary N) is 3. The molecule has 0 radical (unpaired) electrons. The molecule has 0 aliphatic heterocycles. The van der Waals surface area contributed by atoms with E-state index in [9.17, 15) is 4.79 Å². The van der Waals surface area contributed by atoms with Gasteiger partial charge in [0.25, 0.3) is 5.91 Å². The van der Waals surface area contributed by atoms with Crippen LogP contribution in [0.5, 0.6) is 11.5 Å². The Morgan fingerprint density at radius 2 is 1.73 bits per heavy atom. The van der Waals surface area contributed by atoms with Crippen LogP contribution in [0.25, 0.3) is 0 Å². The predicted molar refractivity (Wildman–Crippen MR) is 145 cm³/mol. The highest BCUT2D eigenvalue weighted by Crippen LogP contribution is 2.30. The lowest BCUT2D eigenvalue weighted by Crippen LogP contribution is -2.38. The van der Waals surface area contributed by atoms with Crippen molar-refractivity contribution < 1.29 is 14.3 Å². The molecule has 2 aromatic carbocycles. The van der Waals surface area contributed by atoms with Crippen molar-refractivity contribution in [3.8, 4) is 11.5 Å². The first kappa shape index (κ1) is 28.5. The Balaban J connectivity index is 0.00000544. The molecule has 2 aromatic rings. The van der Waals surface area contributed by atoms with Gasteiger partial charge in [0.2, 0.25) is 0 Å². The van der Waals surface area contributed by atoms with Gasteiger partial charge in [-0.05, 0) is 62.6 Å². The van der Waals surface area contributed by atoms with Crippen LogP contribution in [0, 0.1) is 0 Å². The van der Waals surface area contributed by atoms with E-state index in [4.69, 9.17) is 9.47 Å². The molecular formula is C25H37IN4O3. The summed E-state index contributed by atoms with van der Waals surface area (Å²) in [7, 11) is 1.74. The Kier molecular flexibility index (Phi) is 13.3. The lowest BCUT2D eigenvalue weighted by atomic mass is 10.1. The SMILES string of the molecule is CCCNC(=O)c1cccc(CNC(=NC)NC(C)c2ccc(OCC)c(OCC)c2)c1.I. The Morgan fingerprint density at radius 3 is 2.39 bits per heavy atom. The molecule has 0 fully saturated rings. The van der Waals surface area contributed by atoms with E-state index in [1.807, 2.05) is 63.2 Å². The topological polar surface area (TPSA) is 84.0 Å². The molecule has 2 rings (SSSR count). The standard InChI is InChI=1S/C25H36N4O3.HI/c1-6-14-27-24(30)21-11-9-10-19(15-21)17-28-25(26-5)29-18(4)20-12-13-22(31-7-2)23(16-20)32-8-3;/h9-13,15-16,18H,6-8,14,17H2,1-5H3,(H,27,30)(H2,26,28,29);1H. The van der Waals surface area contributed by atoms with Crippen molar-refractivity contribution in [2.75, 3.05) is 26.8 Å². The Labute approximate surface area is 214 Å². The molecule has 0 aliphatic carbocycles. The average molecular weight is 569 g/mol. The molecule has 1 atom stereocenters. The molecule has 182 valence electrons. The van der Waals surface area contributed by atoms with E-state index in [2.05, 4.69) is 27.9 Å². The number of aliphatic imine (C=N–C) groups is 1. The zero-order valence-electron chi connectivity index (χ0n) is 20.2. The first-order chi connectivity index (χ1) is 15.5. The molecule has 7 nitrogen and oxygen atoms in total. The minimum absolute atomic E-state index is 0. The van der Waals surface area contributed by atoms with Crippen LogP contribution in [0.15, 0.2) is 47.5 Å². The summed E-state index contributed by atoms with van der Waals surface area (Å²) in [6, 6.07) is 13.6. The van der Waals surface area contributed by atoms with Crippen molar-refractivity contribution in [2.24, 2.45) is 4.99 Å². The second kappa shape index (κ2) is 15.4. The van der Waals surface area contributed by atoms with E-state index in [-0.39, 0.29) is 35.9 Å². The first-order valence-corrected chi connectivity index (χ1v) is 11.3. The van der Waals surface area contributed by atoms with Gasteiger partial charge in [0.1, 0.15) is 0 Å². The smallest absolute Gasteiger partial charge is 0.251 e. The number of hydrogen-bond acceptors (Lipinski definition) is 4. The number of halogens is 1. The maximum Gasteiger partial charge on any atom is 0.251 e. The summed E-state index contributed by atoms with van der Waals surface area (Å²) in [5, 5.41) is 9.63. The van der Waals surface area contributed by atoms with Crippen LogP contribution in [-0.2, 0) is 6.54 Å². The van der Waals surface area contributed by atoms with Crippen LogP contribution in [0.4, 0.5) is 0 Å². The number of amides is 1. The number of nitrogens with zero attached hydrogens (tertiary/aromatic N) is 1. The van der Waals surface area contributed by atoms with Gasteiger partial charge < -0.3 is 25.4 Å². The summed E-state index contributed by atoms with van der Waals surface area (Å²) < 4.78 is 11.4. The Bertz CT molecular complexity index is 905. The average Bonchev–Trinajstić information content (AvgIpc) is 2.81. The molecule has 1 amide bonds. The van der Waals surface area contributed by atoms with Crippen molar-refractivity contribution in [2.45, 2.75) is 46.7 Å². The Morgan fingerprint density at radius 1 is 1.00 bits per heavy atom. The molecule has 0 bridgehead atoms. The van der Waals surface area contributed by atoms with Gasteiger partial charge >= 0.3 is 0 Å². The van der Waals surface area contributed by atoms with Crippen LogP contribution in [0.1, 0.15) is 61.6 Å². The largest absolute Gasteiger partial charge is 0.490 e. The second-order valence-electron chi connectivity index (χ2n) is 7.32. The molecule has 0 saturated heterocycles.